The van der Waals surface area contributed by atoms with Gasteiger partial charge in [-0.3, -0.25) is 14.2 Å². The van der Waals surface area contributed by atoms with Crippen molar-refractivity contribution in [3.8, 4) is 11.5 Å². The van der Waals surface area contributed by atoms with Crippen LogP contribution in [0.2, 0.25) is 0 Å². The van der Waals surface area contributed by atoms with Gasteiger partial charge in [-0.2, -0.15) is 0 Å². The highest BCUT2D eigenvalue weighted by atomic mass is 31.1. The van der Waals surface area contributed by atoms with Crippen molar-refractivity contribution < 1.29 is 23.6 Å². The Hall–Kier alpha value is -3.30. The van der Waals surface area contributed by atoms with Crippen LogP contribution in [0.1, 0.15) is 48.5 Å². The number of ether oxygens (including phenoxy) is 2. The van der Waals surface area contributed by atoms with Gasteiger partial charge in [-0.05, 0) is 74.2 Å². The molecule has 165 valence electrons. The fraction of sp³-hybridized carbons (Fsp3) is 0.231. The fourth-order valence-electron chi connectivity index (χ4n) is 3.81. The van der Waals surface area contributed by atoms with Gasteiger partial charge in [0.25, 0.3) is 5.52 Å². The lowest BCUT2D eigenvalue weighted by Gasteiger charge is -2.16. The van der Waals surface area contributed by atoms with Gasteiger partial charge in [0, 0.05) is 11.1 Å². The zero-order chi connectivity index (χ0) is 23.6. The minimum Gasteiger partial charge on any atom is -0.496 e. The number of carbonyl (C=O) groups is 2. The Morgan fingerprint density at radius 1 is 0.750 bits per heavy atom. The molecule has 0 saturated heterocycles. The van der Waals surface area contributed by atoms with Crippen molar-refractivity contribution in [1.82, 2.24) is 0 Å². The number of benzene rings is 3. The minimum atomic E-state index is -2.60. The van der Waals surface area contributed by atoms with Crippen molar-refractivity contribution in [1.29, 1.82) is 0 Å². The molecule has 0 saturated carbocycles. The van der Waals surface area contributed by atoms with E-state index in [-0.39, 0.29) is 33.7 Å². The van der Waals surface area contributed by atoms with Crippen molar-refractivity contribution >= 4 is 24.4 Å². The monoisotopic (exact) mass is 449 g/mol. The van der Waals surface area contributed by atoms with Crippen LogP contribution in [0.5, 0.6) is 11.5 Å². The van der Waals surface area contributed by atoms with E-state index in [0.29, 0.717) is 5.56 Å². The van der Waals surface area contributed by atoms with Crippen molar-refractivity contribution in [3.63, 3.8) is 0 Å². The SMILES string of the molecule is COc1cccc(OC)c1C(=O)[P](=O)c1ccccc1C(=O)c1c(C)c(C)cc(C)c1C. The second-order valence-electron chi connectivity index (χ2n) is 7.62. The molecule has 3 aromatic carbocycles. The van der Waals surface area contributed by atoms with E-state index in [2.05, 4.69) is 0 Å². The molecule has 0 aromatic heterocycles. The molecule has 0 N–H and O–H groups in total. The molecule has 1 atom stereocenters. The number of hydrogen-bond donors (Lipinski definition) is 0. The van der Waals surface area contributed by atoms with Crippen molar-refractivity contribution in [3.05, 3.63) is 87.5 Å². The van der Waals surface area contributed by atoms with Crippen molar-refractivity contribution in [2.45, 2.75) is 27.7 Å². The van der Waals surface area contributed by atoms with Gasteiger partial charge in [-0.25, -0.2) is 0 Å². The lowest BCUT2D eigenvalue weighted by Crippen LogP contribution is -2.18. The van der Waals surface area contributed by atoms with Crippen LogP contribution in [0.15, 0.2) is 48.5 Å². The smallest absolute Gasteiger partial charge is 0.254 e. The molecule has 0 fully saturated rings. The Bertz CT molecular complexity index is 1190. The van der Waals surface area contributed by atoms with Crippen LogP contribution in [-0.2, 0) is 4.57 Å². The summed E-state index contributed by atoms with van der Waals surface area (Å²) >= 11 is 0. The Morgan fingerprint density at radius 2 is 1.28 bits per heavy atom. The third-order valence-electron chi connectivity index (χ3n) is 5.79. The first-order valence-corrected chi connectivity index (χ1v) is 11.4. The standard InChI is InChI=1S/C26H26O5P/c1-15-14-16(2)18(4)23(17(15)3)25(27)19-10-7-8-13-22(19)32(29)26(28)24-20(30-5)11-9-12-21(24)31-6/h7-14H,1-6H3. The summed E-state index contributed by atoms with van der Waals surface area (Å²) in [5.74, 6) is 0.288. The van der Waals surface area contributed by atoms with Gasteiger partial charge in [-0.15, -0.1) is 0 Å². The molecule has 6 heteroatoms. The van der Waals surface area contributed by atoms with Gasteiger partial charge in [0.2, 0.25) is 0 Å². The number of methoxy groups -OCH3 is 2. The molecular formula is C26H26O5P. The van der Waals surface area contributed by atoms with E-state index >= 15 is 0 Å². The van der Waals surface area contributed by atoms with Crippen LogP contribution in [0, 0.1) is 27.7 Å². The number of hydrogen-bond acceptors (Lipinski definition) is 5. The summed E-state index contributed by atoms with van der Waals surface area (Å²) in [6, 6.07) is 13.5. The normalized spacial score (nSPS) is 11.1. The number of aryl methyl sites for hydroxylation is 2. The molecule has 5 nitrogen and oxygen atoms in total. The summed E-state index contributed by atoms with van der Waals surface area (Å²) in [7, 11) is 0.260. The van der Waals surface area contributed by atoms with Crippen LogP contribution < -0.4 is 14.8 Å². The second kappa shape index (κ2) is 9.46. The van der Waals surface area contributed by atoms with E-state index in [0.717, 1.165) is 22.3 Å². The number of ketones is 1. The van der Waals surface area contributed by atoms with Gasteiger partial charge in [0.05, 0.1) is 19.5 Å². The molecule has 0 amide bonds. The highest BCUT2D eigenvalue weighted by Gasteiger charge is 2.29. The molecular weight excluding hydrogens is 423 g/mol. The first kappa shape index (κ1) is 23.4. The van der Waals surface area contributed by atoms with Crippen molar-refractivity contribution in [2.75, 3.05) is 14.2 Å². The van der Waals surface area contributed by atoms with Crippen LogP contribution >= 0.6 is 7.80 Å². The van der Waals surface area contributed by atoms with E-state index in [4.69, 9.17) is 9.47 Å². The van der Waals surface area contributed by atoms with Crippen LogP contribution in [0.3, 0.4) is 0 Å². The van der Waals surface area contributed by atoms with Crippen LogP contribution in [0.4, 0.5) is 0 Å². The van der Waals surface area contributed by atoms with Gasteiger partial charge < -0.3 is 9.47 Å². The molecule has 0 aliphatic rings. The topological polar surface area (TPSA) is 69.7 Å². The third-order valence-corrected chi connectivity index (χ3v) is 7.21. The largest absolute Gasteiger partial charge is 0.496 e. The van der Waals surface area contributed by atoms with Gasteiger partial charge >= 0.3 is 0 Å². The van der Waals surface area contributed by atoms with E-state index < -0.39 is 13.3 Å². The summed E-state index contributed by atoms with van der Waals surface area (Å²) in [5, 5.41) is 0.198. The quantitative estimate of drug-likeness (QED) is 0.354. The maximum atomic E-state index is 13.6. The molecule has 0 bridgehead atoms. The summed E-state index contributed by atoms with van der Waals surface area (Å²) < 4.78 is 24.1. The highest BCUT2D eigenvalue weighted by molar-refractivity contribution is 7.71. The van der Waals surface area contributed by atoms with E-state index in [1.54, 1.807) is 42.5 Å². The van der Waals surface area contributed by atoms with E-state index in [1.165, 1.54) is 14.2 Å². The highest BCUT2D eigenvalue weighted by Crippen LogP contribution is 2.38. The Labute approximate surface area is 189 Å². The van der Waals surface area contributed by atoms with Gasteiger partial charge in [0.15, 0.2) is 13.6 Å². The maximum absolute atomic E-state index is 13.6. The molecule has 3 rings (SSSR count). The number of carbonyl (C=O) groups excluding carboxylic acids is 2. The third kappa shape index (κ3) is 4.09. The van der Waals surface area contributed by atoms with Gasteiger partial charge in [-0.1, -0.05) is 24.3 Å². The molecule has 0 aliphatic heterocycles. The summed E-state index contributed by atoms with van der Waals surface area (Å²) in [6.45, 7) is 7.73. The fourth-order valence-corrected chi connectivity index (χ4v) is 5.07. The number of rotatable bonds is 7. The molecule has 1 unspecified atom stereocenters. The lowest BCUT2D eigenvalue weighted by molar-refractivity contribution is 0.103. The Balaban J connectivity index is 2.14. The van der Waals surface area contributed by atoms with Crippen LogP contribution in [-0.4, -0.2) is 25.5 Å². The molecule has 0 aliphatic carbocycles. The molecule has 1 radical (unpaired) electrons. The Kier molecular flexibility index (Phi) is 6.90. The average molecular weight is 449 g/mol. The molecule has 0 heterocycles. The molecule has 0 spiro atoms. The molecule has 32 heavy (non-hydrogen) atoms. The maximum Gasteiger partial charge on any atom is 0.254 e. The minimum absolute atomic E-state index is 0.0969. The predicted molar refractivity (Wildman–Crippen MR) is 126 cm³/mol. The van der Waals surface area contributed by atoms with E-state index in [1.807, 2.05) is 33.8 Å². The van der Waals surface area contributed by atoms with Gasteiger partial charge in [0.1, 0.15) is 17.1 Å². The summed E-state index contributed by atoms with van der Waals surface area (Å²) in [5.41, 5.74) is 4.05. The van der Waals surface area contributed by atoms with Crippen molar-refractivity contribution in [2.24, 2.45) is 0 Å². The summed E-state index contributed by atoms with van der Waals surface area (Å²) in [4.78, 5) is 26.9. The molecule has 3 aromatic rings. The zero-order valence-corrected chi connectivity index (χ0v) is 20.0. The first-order chi connectivity index (χ1) is 15.2. The summed E-state index contributed by atoms with van der Waals surface area (Å²) in [6.07, 6.45) is 0. The predicted octanol–water partition coefficient (Wildman–Crippen LogP) is 5.46. The Morgan fingerprint density at radius 3 is 1.81 bits per heavy atom. The lowest BCUT2D eigenvalue weighted by atomic mass is 9.89. The average Bonchev–Trinajstić information content (AvgIpc) is 2.81. The van der Waals surface area contributed by atoms with Crippen LogP contribution in [0.25, 0.3) is 0 Å². The first-order valence-electron chi connectivity index (χ1n) is 10.2. The second-order valence-corrected chi connectivity index (χ2v) is 9.10. The zero-order valence-electron chi connectivity index (χ0n) is 19.1. The van der Waals surface area contributed by atoms with E-state index in [9.17, 15) is 14.2 Å².